The molecule has 2 aromatic rings. The summed E-state index contributed by atoms with van der Waals surface area (Å²) in [5, 5.41) is 6.61. The van der Waals surface area contributed by atoms with E-state index in [1.165, 1.54) is 5.56 Å². The van der Waals surface area contributed by atoms with Gasteiger partial charge in [0.15, 0.2) is 17.5 Å². The highest BCUT2D eigenvalue weighted by Gasteiger charge is 2.13. The van der Waals surface area contributed by atoms with E-state index >= 15 is 0 Å². The van der Waals surface area contributed by atoms with Crippen LogP contribution in [0.1, 0.15) is 11.3 Å². The second kappa shape index (κ2) is 10.2. The molecule has 0 amide bonds. The number of nitrogens with one attached hydrogen (secondary N) is 2. The van der Waals surface area contributed by atoms with Crippen LogP contribution in [-0.4, -0.2) is 45.4 Å². The lowest BCUT2D eigenvalue weighted by atomic mass is 10.1. The van der Waals surface area contributed by atoms with Crippen molar-refractivity contribution >= 4 is 35.8 Å². The van der Waals surface area contributed by atoms with E-state index in [0.29, 0.717) is 13.3 Å². The smallest absolute Gasteiger partial charge is 0.231 e. The molecule has 1 aromatic carbocycles. The first-order valence-corrected chi connectivity index (χ1v) is 8.62. The minimum absolute atomic E-state index is 0. The molecular formula is C19H26IN5O2. The van der Waals surface area contributed by atoms with Crippen LogP contribution in [0.15, 0.2) is 41.4 Å². The fourth-order valence-electron chi connectivity index (χ4n) is 2.63. The number of ether oxygens (including phenoxy) is 2. The van der Waals surface area contributed by atoms with Crippen molar-refractivity contribution < 1.29 is 9.47 Å². The van der Waals surface area contributed by atoms with Crippen molar-refractivity contribution in [2.45, 2.75) is 13.0 Å². The van der Waals surface area contributed by atoms with Crippen molar-refractivity contribution in [1.82, 2.24) is 15.6 Å². The van der Waals surface area contributed by atoms with E-state index < -0.39 is 0 Å². The summed E-state index contributed by atoms with van der Waals surface area (Å²) in [4.78, 5) is 10.8. The van der Waals surface area contributed by atoms with Crippen LogP contribution in [0.4, 0.5) is 5.82 Å². The molecule has 0 unspecified atom stereocenters. The van der Waals surface area contributed by atoms with Gasteiger partial charge in [-0.1, -0.05) is 12.1 Å². The van der Waals surface area contributed by atoms with E-state index in [4.69, 9.17) is 9.47 Å². The summed E-state index contributed by atoms with van der Waals surface area (Å²) in [6.07, 6.45) is 0.867. The molecule has 146 valence electrons. The first-order chi connectivity index (χ1) is 12.7. The zero-order chi connectivity index (χ0) is 18.4. The summed E-state index contributed by atoms with van der Waals surface area (Å²) in [5.74, 6) is 3.32. The van der Waals surface area contributed by atoms with Crippen molar-refractivity contribution in [3.63, 3.8) is 0 Å². The van der Waals surface area contributed by atoms with Gasteiger partial charge in [0.25, 0.3) is 0 Å². The van der Waals surface area contributed by atoms with E-state index in [0.717, 1.165) is 41.9 Å². The van der Waals surface area contributed by atoms with Gasteiger partial charge < -0.3 is 25.0 Å². The molecule has 2 heterocycles. The summed E-state index contributed by atoms with van der Waals surface area (Å²) in [5.41, 5.74) is 2.16. The molecule has 0 spiro atoms. The van der Waals surface area contributed by atoms with E-state index in [1.54, 1.807) is 7.05 Å². The molecule has 0 atom stereocenters. The van der Waals surface area contributed by atoms with E-state index in [2.05, 4.69) is 26.7 Å². The number of rotatable bonds is 6. The SMILES string of the molecule is CN=C(NCCc1ccc2c(c1)OCO2)NCc1cccc(N(C)C)n1.I. The molecule has 8 heteroatoms. The third-order valence-corrected chi connectivity index (χ3v) is 4.05. The zero-order valence-electron chi connectivity index (χ0n) is 15.9. The largest absolute Gasteiger partial charge is 0.454 e. The normalized spacial score (nSPS) is 12.3. The third-order valence-electron chi connectivity index (χ3n) is 4.05. The van der Waals surface area contributed by atoms with Crippen LogP contribution in [0.25, 0.3) is 0 Å². The number of guanidine groups is 1. The lowest BCUT2D eigenvalue weighted by Gasteiger charge is -2.14. The van der Waals surface area contributed by atoms with Gasteiger partial charge in [0, 0.05) is 27.7 Å². The van der Waals surface area contributed by atoms with Crippen LogP contribution >= 0.6 is 24.0 Å². The number of aliphatic imine (C=N–C) groups is 1. The molecule has 1 aliphatic rings. The van der Waals surface area contributed by atoms with Gasteiger partial charge in [0.05, 0.1) is 12.2 Å². The lowest BCUT2D eigenvalue weighted by molar-refractivity contribution is 0.174. The van der Waals surface area contributed by atoms with E-state index in [-0.39, 0.29) is 24.0 Å². The van der Waals surface area contributed by atoms with Crippen LogP contribution in [0.3, 0.4) is 0 Å². The Labute approximate surface area is 177 Å². The quantitative estimate of drug-likeness (QED) is 0.374. The van der Waals surface area contributed by atoms with Crippen LogP contribution in [0, 0.1) is 0 Å². The average Bonchev–Trinajstić information content (AvgIpc) is 3.12. The Morgan fingerprint density at radius 3 is 2.74 bits per heavy atom. The molecule has 0 saturated carbocycles. The summed E-state index contributed by atoms with van der Waals surface area (Å²) >= 11 is 0. The minimum atomic E-state index is 0. The van der Waals surface area contributed by atoms with Crippen LogP contribution in [0.5, 0.6) is 11.5 Å². The molecule has 7 nitrogen and oxygen atoms in total. The number of aromatic nitrogens is 1. The molecule has 27 heavy (non-hydrogen) atoms. The van der Waals surface area contributed by atoms with Gasteiger partial charge in [-0.3, -0.25) is 4.99 Å². The summed E-state index contributed by atoms with van der Waals surface area (Å²) in [6, 6.07) is 12.0. The van der Waals surface area contributed by atoms with Crippen molar-refractivity contribution in [3.05, 3.63) is 47.7 Å². The molecular weight excluding hydrogens is 457 g/mol. The summed E-state index contributed by atoms with van der Waals surface area (Å²) in [6.45, 7) is 1.69. The predicted octanol–water partition coefficient (Wildman–Crippen LogP) is 2.40. The van der Waals surface area contributed by atoms with Crippen molar-refractivity contribution in [3.8, 4) is 11.5 Å². The number of fused-ring (bicyclic) bond motifs is 1. The highest BCUT2D eigenvalue weighted by molar-refractivity contribution is 14.0. The Bertz CT molecular complexity index is 782. The van der Waals surface area contributed by atoms with Gasteiger partial charge >= 0.3 is 0 Å². The summed E-state index contributed by atoms with van der Waals surface area (Å²) < 4.78 is 10.7. The molecule has 0 bridgehead atoms. The Morgan fingerprint density at radius 2 is 1.96 bits per heavy atom. The Kier molecular flexibility index (Phi) is 7.96. The van der Waals surface area contributed by atoms with Crippen LogP contribution < -0.4 is 25.0 Å². The first-order valence-electron chi connectivity index (χ1n) is 8.62. The molecule has 0 aliphatic carbocycles. The standard InChI is InChI=1S/C19H25N5O2.HI/c1-20-19(22-12-15-5-4-6-18(23-15)24(2)3)21-10-9-14-7-8-16-17(11-14)26-13-25-16;/h4-8,11H,9-10,12-13H2,1-3H3,(H2,20,21,22);1H. The number of anilines is 1. The molecule has 3 rings (SSSR count). The monoisotopic (exact) mass is 483 g/mol. The van der Waals surface area contributed by atoms with E-state index in [1.807, 2.05) is 49.3 Å². The minimum Gasteiger partial charge on any atom is -0.454 e. The maximum absolute atomic E-state index is 5.41. The first kappa shape index (κ1) is 21.1. The van der Waals surface area contributed by atoms with E-state index in [9.17, 15) is 0 Å². The highest BCUT2D eigenvalue weighted by atomic mass is 127. The molecule has 1 aromatic heterocycles. The number of hydrogen-bond donors (Lipinski definition) is 2. The van der Waals surface area contributed by atoms with Gasteiger partial charge in [-0.05, 0) is 36.2 Å². The Hall–Kier alpha value is -2.23. The number of pyridine rings is 1. The van der Waals surface area contributed by atoms with Gasteiger partial charge in [-0.25, -0.2) is 4.98 Å². The molecule has 2 N–H and O–H groups in total. The molecule has 0 saturated heterocycles. The Balaban J connectivity index is 0.00000261. The topological polar surface area (TPSA) is 71.0 Å². The fraction of sp³-hybridized carbons (Fsp3) is 0.368. The molecule has 1 aliphatic heterocycles. The predicted molar refractivity (Wildman–Crippen MR) is 118 cm³/mol. The van der Waals surface area contributed by atoms with Gasteiger partial charge in [0.1, 0.15) is 5.82 Å². The van der Waals surface area contributed by atoms with Crippen LogP contribution in [-0.2, 0) is 13.0 Å². The zero-order valence-corrected chi connectivity index (χ0v) is 18.2. The maximum atomic E-state index is 5.41. The second-order valence-electron chi connectivity index (χ2n) is 6.17. The van der Waals surface area contributed by atoms with Crippen molar-refractivity contribution in [2.24, 2.45) is 4.99 Å². The third kappa shape index (κ3) is 5.88. The number of halogens is 1. The number of benzene rings is 1. The van der Waals surface area contributed by atoms with Gasteiger partial charge in [-0.2, -0.15) is 0 Å². The van der Waals surface area contributed by atoms with Crippen LogP contribution in [0.2, 0.25) is 0 Å². The number of nitrogens with zero attached hydrogens (tertiary/aromatic N) is 3. The average molecular weight is 483 g/mol. The molecule has 0 radical (unpaired) electrons. The van der Waals surface area contributed by atoms with Gasteiger partial charge in [-0.15, -0.1) is 24.0 Å². The highest BCUT2D eigenvalue weighted by Crippen LogP contribution is 2.32. The number of hydrogen-bond acceptors (Lipinski definition) is 5. The second-order valence-corrected chi connectivity index (χ2v) is 6.17. The fourth-order valence-corrected chi connectivity index (χ4v) is 2.63. The summed E-state index contributed by atoms with van der Waals surface area (Å²) in [7, 11) is 5.73. The van der Waals surface area contributed by atoms with Crippen molar-refractivity contribution in [2.75, 3.05) is 39.4 Å². The lowest BCUT2D eigenvalue weighted by Crippen LogP contribution is -2.38. The maximum Gasteiger partial charge on any atom is 0.231 e. The van der Waals surface area contributed by atoms with Gasteiger partial charge in [0.2, 0.25) is 6.79 Å². The van der Waals surface area contributed by atoms with Crippen molar-refractivity contribution in [1.29, 1.82) is 0 Å². The molecule has 0 fully saturated rings. The Morgan fingerprint density at radius 1 is 1.15 bits per heavy atom.